The van der Waals surface area contributed by atoms with Crippen LogP contribution in [0.5, 0.6) is 5.75 Å². The fourth-order valence-electron chi connectivity index (χ4n) is 2.76. The van der Waals surface area contributed by atoms with Gasteiger partial charge < -0.3 is 14.6 Å². The van der Waals surface area contributed by atoms with Crippen LogP contribution in [-0.2, 0) is 11.2 Å². The zero-order chi connectivity index (χ0) is 14.0. The van der Waals surface area contributed by atoms with E-state index in [-0.39, 0.29) is 12.0 Å². The molecular formula is C15H23NO3. The van der Waals surface area contributed by atoms with E-state index in [0.29, 0.717) is 13.0 Å². The normalized spacial score (nSPS) is 24.5. The molecule has 4 heteroatoms. The fourth-order valence-corrected chi connectivity index (χ4v) is 2.76. The van der Waals surface area contributed by atoms with E-state index in [4.69, 9.17) is 9.47 Å². The fraction of sp³-hybridized carbons (Fsp3) is 0.667. The summed E-state index contributed by atoms with van der Waals surface area (Å²) in [6, 6.07) is 0. The van der Waals surface area contributed by atoms with Gasteiger partial charge in [-0.05, 0) is 27.2 Å². The maximum atomic E-state index is 10.3. The molecule has 4 nitrogen and oxygen atoms in total. The number of aryl methyl sites for hydroxylation is 1. The van der Waals surface area contributed by atoms with Crippen molar-refractivity contribution in [1.82, 2.24) is 4.98 Å². The third-order valence-corrected chi connectivity index (χ3v) is 3.93. The molecule has 3 unspecified atom stereocenters. The Kier molecular flexibility index (Phi) is 4.42. The van der Waals surface area contributed by atoms with Crippen molar-refractivity contribution in [2.45, 2.75) is 45.8 Å². The molecule has 1 aromatic heterocycles. The molecule has 2 rings (SSSR count). The highest BCUT2D eigenvalue weighted by molar-refractivity contribution is 5.41. The Morgan fingerprint density at radius 1 is 1.53 bits per heavy atom. The number of nitrogens with zero attached hydrogens (tertiary/aromatic N) is 1. The van der Waals surface area contributed by atoms with Crippen molar-refractivity contribution in [3.05, 3.63) is 23.0 Å². The average molecular weight is 265 g/mol. The van der Waals surface area contributed by atoms with Gasteiger partial charge in [0.15, 0.2) is 0 Å². The average Bonchev–Trinajstić information content (AvgIpc) is 2.80. The molecule has 106 valence electrons. The van der Waals surface area contributed by atoms with Gasteiger partial charge in [0.2, 0.25) is 0 Å². The van der Waals surface area contributed by atoms with Gasteiger partial charge in [0.05, 0.1) is 25.9 Å². The summed E-state index contributed by atoms with van der Waals surface area (Å²) in [4.78, 5) is 4.44. The third-order valence-electron chi connectivity index (χ3n) is 3.93. The first-order valence-electron chi connectivity index (χ1n) is 6.81. The first-order chi connectivity index (χ1) is 9.02. The number of hydrogen-bond acceptors (Lipinski definition) is 4. The van der Waals surface area contributed by atoms with Crippen molar-refractivity contribution >= 4 is 0 Å². The summed E-state index contributed by atoms with van der Waals surface area (Å²) in [7, 11) is 1.67. The molecule has 0 saturated carbocycles. The number of methoxy groups -OCH3 is 1. The maximum Gasteiger partial charge on any atom is 0.128 e. The molecule has 0 spiro atoms. The van der Waals surface area contributed by atoms with E-state index in [0.717, 1.165) is 29.0 Å². The van der Waals surface area contributed by atoms with Gasteiger partial charge >= 0.3 is 0 Å². The van der Waals surface area contributed by atoms with E-state index in [1.54, 1.807) is 7.11 Å². The Bertz CT molecular complexity index is 447. The summed E-state index contributed by atoms with van der Waals surface area (Å²) in [6.45, 7) is 6.66. The zero-order valence-corrected chi connectivity index (χ0v) is 12.1. The van der Waals surface area contributed by atoms with Crippen molar-refractivity contribution < 1.29 is 14.6 Å². The second-order valence-electron chi connectivity index (χ2n) is 5.46. The van der Waals surface area contributed by atoms with Crippen LogP contribution < -0.4 is 4.74 Å². The monoisotopic (exact) mass is 265 g/mol. The minimum Gasteiger partial charge on any atom is -0.496 e. The molecule has 19 heavy (non-hydrogen) atoms. The van der Waals surface area contributed by atoms with Gasteiger partial charge in [-0.3, -0.25) is 4.98 Å². The van der Waals surface area contributed by atoms with Crippen LogP contribution in [-0.4, -0.2) is 36.0 Å². The summed E-state index contributed by atoms with van der Waals surface area (Å²) in [5.41, 5.74) is 2.96. The summed E-state index contributed by atoms with van der Waals surface area (Å²) < 4.78 is 10.9. The second kappa shape index (κ2) is 5.88. The van der Waals surface area contributed by atoms with Crippen molar-refractivity contribution in [2.24, 2.45) is 5.92 Å². The van der Waals surface area contributed by atoms with E-state index in [2.05, 4.69) is 4.98 Å². The topological polar surface area (TPSA) is 51.6 Å². The molecule has 1 fully saturated rings. The van der Waals surface area contributed by atoms with Crippen molar-refractivity contribution in [3.63, 3.8) is 0 Å². The minimum atomic E-state index is -0.399. The molecule has 1 aromatic rings. The zero-order valence-electron chi connectivity index (χ0n) is 12.1. The van der Waals surface area contributed by atoms with E-state index in [1.807, 2.05) is 27.0 Å². The van der Waals surface area contributed by atoms with Crippen LogP contribution in [0.3, 0.4) is 0 Å². The number of pyridine rings is 1. The van der Waals surface area contributed by atoms with Crippen molar-refractivity contribution in [1.29, 1.82) is 0 Å². The predicted molar refractivity (Wildman–Crippen MR) is 73.5 cm³/mol. The Balaban J connectivity index is 2.11. The highest BCUT2D eigenvalue weighted by Gasteiger charge is 2.29. The van der Waals surface area contributed by atoms with Crippen LogP contribution in [0.15, 0.2) is 6.20 Å². The van der Waals surface area contributed by atoms with E-state index in [1.165, 1.54) is 0 Å². The van der Waals surface area contributed by atoms with Gasteiger partial charge in [-0.25, -0.2) is 0 Å². The molecule has 0 aromatic carbocycles. The molecule has 0 radical (unpaired) electrons. The molecule has 0 aliphatic carbocycles. The number of aliphatic hydroxyl groups is 1. The molecular weight excluding hydrogens is 242 g/mol. The maximum absolute atomic E-state index is 10.3. The predicted octanol–water partition coefficient (Wildman–Crippen LogP) is 2.04. The van der Waals surface area contributed by atoms with E-state index in [9.17, 15) is 5.11 Å². The Morgan fingerprint density at radius 2 is 2.26 bits per heavy atom. The van der Waals surface area contributed by atoms with Crippen LogP contribution in [0.25, 0.3) is 0 Å². The van der Waals surface area contributed by atoms with Crippen LogP contribution in [0.4, 0.5) is 0 Å². The second-order valence-corrected chi connectivity index (χ2v) is 5.46. The lowest BCUT2D eigenvalue weighted by molar-refractivity contribution is 0.0800. The Morgan fingerprint density at radius 3 is 2.84 bits per heavy atom. The Labute approximate surface area is 114 Å². The van der Waals surface area contributed by atoms with Gasteiger partial charge in [0, 0.05) is 35.4 Å². The first kappa shape index (κ1) is 14.3. The Hall–Kier alpha value is -1.13. The summed E-state index contributed by atoms with van der Waals surface area (Å²) >= 11 is 0. The number of aromatic nitrogens is 1. The molecule has 1 aliphatic rings. The van der Waals surface area contributed by atoms with Crippen LogP contribution in [0.2, 0.25) is 0 Å². The summed E-state index contributed by atoms with van der Waals surface area (Å²) in [5.74, 6) is 1.08. The molecule has 3 atom stereocenters. The van der Waals surface area contributed by atoms with Gasteiger partial charge in [-0.1, -0.05) is 0 Å². The number of aliphatic hydroxyl groups excluding tert-OH is 1. The standard InChI is InChI=1S/C15H23NO3/c1-9-7-16-13(11(3)15(9)18-4)6-14(17)12-5-10(2)19-8-12/h7,10,12,14,17H,5-6,8H2,1-4H3. The SMILES string of the molecule is COc1c(C)cnc(CC(O)C2COC(C)C2)c1C. The minimum absolute atomic E-state index is 0.212. The van der Waals surface area contributed by atoms with Crippen LogP contribution in [0.1, 0.15) is 30.2 Å². The van der Waals surface area contributed by atoms with Gasteiger partial charge in [-0.2, -0.15) is 0 Å². The quantitative estimate of drug-likeness (QED) is 0.905. The van der Waals surface area contributed by atoms with E-state index >= 15 is 0 Å². The van der Waals surface area contributed by atoms with Crippen LogP contribution in [0, 0.1) is 19.8 Å². The number of hydrogen-bond donors (Lipinski definition) is 1. The number of rotatable bonds is 4. The summed E-state index contributed by atoms with van der Waals surface area (Å²) in [6.07, 6.45) is 3.14. The van der Waals surface area contributed by atoms with Gasteiger partial charge in [-0.15, -0.1) is 0 Å². The van der Waals surface area contributed by atoms with Crippen molar-refractivity contribution in [3.8, 4) is 5.75 Å². The molecule has 1 aliphatic heterocycles. The first-order valence-corrected chi connectivity index (χ1v) is 6.81. The summed E-state index contributed by atoms with van der Waals surface area (Å²) in [5, 5.41) is 10.3. The molecule has 1 saturated heterocycles. The van der Waals surface area contributed by atoms with Gasteiger partial charge in [0.1, 0.15) is 5.75 Å². The van der Waals surface area contributed by atoms with Crippen LogP contribution >= 0.6 is 0 Å². The van der Waals surface area contributed by atoms with Gasteiger partial charge in [0.25, 0.3) is 0 Å². The lowest BCUT2D eigenvalue weighted by Gasteiger charge is -2.18. The smallest absolute Gasteiger partial charge is 0.128 e. The lowest BCUT2D eigenvalue weighted by Crippen LogP contribution is -2.24. The molecule has 0 bridgehead atoms. The lowest BCUT2D eigenvalue weighted by atomic mass is 9.94. The largest absolute Gasteiger partial charge is 0.496 e. The highest BCUT2D eigenvalue weighted by Crippen LogP contribution is 2.28. The highest BCUT2D eigenvalue weighted by atomic mass is 16.5. The molecule has 0 amide bonds. The molecule has 1 N–H and O–H groups in total. The molecule has 2 heterocycles. The third kappa shape index (κ3) is 3.07. The van der Waals surface area contributed by atoms with Crippen molar-refractivity contribution in [2.75, 3.05) is 13.7 Å². The number of ether oxygens (including phenoxy) is 2. The van der Waals surface area contributed by atoms with E-state index < -0.39 is 6.10 Å².